The Hall–Kier alpha value is -1.43. The lowest BCUT2D eigenvalue weighted by molar-refractivity contribution is 0.297. The van der Waals surface area contributed by atoms with E-state index in [2.05, 4.69) is 32.6 Å². The van der Waals surface area contributed by atoms with Gasteiger partial charge in [0, 0.05) is 12.5 Å². The van der Waals surface area contributed by atoms with Crippen LogP contribution in [-0.4, -0.2) is 20.1 Å². The number of hydrogen-bond acceptors (Lipinski definition) is 3. The van der Waals surface area contributed by atoms with Crippen molar-refractivity contribution in [2.24, 2.45) is 11.1 Å². The molecule has 1 aliphatic rings. The molecule has 1 aromatic carbocycles. The Bertz CT molecular complexity index is 840. The van der Waals surface area contributed by atoms with Crippen LogP contribution < -0.4 is 5.14 Å². The second-order valence-electron chi connectivity index (χ2n) is 8.13. The number of aliphatic hydroxyl groups excluding tert-OH is 1. The molecule has 0 fully saturated rings. The van der Waals surface area contributed by atoms with E-state index in [1.165, 1.54) is 5.57 Å². The topological polar surface area (TPSA) is 80.4 Å². The van der Waals surface area contributed by atoms with Gasteiger partial charge in [0.2, 0.25) is 10.0 Å². The third-order valence-corrected chi connectivity index (χ3v) is 6.89. The van der Waals surface area contributed by atoms with Crippen molar-refractivity contribution in [3.05, 3.63) is 52.6 Å². The Balaban J connectivity index is 2.67. The summed E-state index contributed by atoms with van der Waals surface area (Å²) in [5.41, 5.74) is 4.83. The monoisotopic (exact) mass is 405 g/mol. The summed E-state index contributed by atoms with van der Waals surface area (Å²) in [7, 11) is -3.89. The highest BCUT2D eigenvalue weighted by Crippen LogP contribution is 2.42. The van der Waals surface area contributed by atoms with Gasteiger partial charge in [-0.05, 0) is 68.6 Å². The SMILES string of the molecule is C=C(C)C1CCC(C)=CC1c1ccc(CCCCC)c(S(N)(=O)=O)c1CCO. The van der Waals surface area contributed by atoms with Gasteiger partial charge in [0.15, 0.2) is 0 Å². The molecule has 0 heterocycles. The predicted molar refractivity (Wildman–Crippen MR) is 116 cm³/mol. The van der Waals surface area contributed by atoms with Gasteiger partial charge in [-0.15, -0.1) is 0 Å². The first-order valence-electron chi connectivity index (χ1n) is 10.3. The number of aliphatic hydroxyl groups is 1. The van der Waals surface area contributed by atoms with Crippen molar-refractivity contribution < 1.29 is 13.5 Å². The van der Waals surface area contributed by atoms with Crippen molar-refractivity contribution in [1.29, 1.82) is 0 Å². The molecule has 156 valence electrons. The first kappa shape index (κ1) is 22.9. The molecule has 0 saturated heterocycles. The number of primary sulfonamides is 1. The van der Waals surface area contributed by atoms with E-state index in [4.69, 9.17) is 5.14 Å². The van der Waals surface area contributed by atoms with Crippen LogP contribution in [0.15, 0.2) is 40.8 Å². The molecular weight excluding hydrogens is 370 g/mol. The summed E-state index contributed by atoms with van der Waals surface area (Å²) in [6.45, 7) is 10.3. The van der Waals surface area contributed by atoms with Crippen molar-refractivity contribution >= 4 is 10.0 Å². The van der Waals surface area contributed by atoms with E-state index in [0.717, 1.165) is 48.8 Å². The van der Waals surface area contributed by atoms with Crippen LogP contribution in [0.25, 0.3) is 0 Å². The highest BCUT2D eigenvalue weighted by molar-refractivity contribution is 7.89. The van der Waals surface area contributed by atoms with Gasteiger partial charge in [-0.2, -0.15) is 0 Å². The second kappa shape index (κ2) is 9.86. The quantitative estimate of drug-likeness (QED) is 0.465. The van der Waals surface area contributed by atoms with Crippen LogP contribution in [0, 0.1) is 5.92 Å². The van der Waals surface area contributed by atoms with Crippen molar-refractivity contribution in [2.45, 2.75) is 76.5 Å². The molecule has 3 N–H and O–H groups in total. The molecule has 0 aliphatic heterocycles. The Morgan fingerprint density at radius 1 is 1.29 bits per heavy atom. The number of rotatable bonds is 9. The normalized spacial score (nSPS) is 20.1. The van der Waals surface area contributed by atoms with Gasteiger partial charge in [0.25, 0.3) is 0 Å². The zero-order valence-corrected chi connectivity index (χ0v) is 18.3. The summed E-state index contributed by atoms with van der Waals surface area (Å²) in [5, 5.41) is 15.4. The van der Waals surface area contributed by atoms with Crippen LogP contribution in [0.1, 0.15) is 75.5 Å². The minimum Gasteiger partial charge on any atom is -0.396 e. The third-order valence-electron chi connectivity index (χ3n) is 5.81. The fourth-order valence-corrected chi connectivity index (χ4v) is 5.52. The molecule has 5 heteroatoms. The number of allylic oxidation sites excluding steroid dienone is 3. The van der Waals surface area contributed by atoms with E-state index in [-0.39, 0.29) is 29.8 Å². The van der Waals surface area contributed by atoms with E-state index >= 15 is 0 Å². The number of sulfonamides is 1. The van der Waals surface area contributed by atoms with Crippen molar-refractivity contribution in [3.63, 3.8) is 0 Å². The molecule has 0 bridgehead atoms. The number of nitrogens with two attached hydrogens (primary N) is 1. The lowest BCUT2D eigenvalue weighted by Gasteiger charge is -2.32. The summed E-state index contributed by atoms with van der Waals surface area (Å²) < 4.78 is 25.1. The lowest BCUT2D eigenvalue weighted by atomic mass is 9.73. The Morgan fingerprint density at radius 3 is 2.57 bits per heavy atom. The van der Waals surface area contributed by atoms with Crippen molar-refractivity contribution in [1.82, 2.24) is 0 Å². The maximum absolute atomic E-state index is 12.6. The fraction of sp³-hybridized carbons (Fsp3) is 0.565. The summed E-state index contributed by atoms with van der Waals surface area (Å²) >= 11 is 0. The average Bonchev–Trinajstić information content (AvgIpc) is 2.61. The molecule has 0 radical (unpaired) electrons. The van der Waals surface area contributed by atoms with Crippen LogP contribution in [-0.2, 0) is 22.9 Å². The van der Waals surface area contributed by atoms with Gasteiger partial charge in [-0.3, -0.25) is 0 Å². The minimum atomic E-state index is -3.89. The van der Waals surface area contributed by atoms with Crippen molar-refractivity contribution in [3.8, 4) is 0 Å². The molecule has 28 heavy (non-hydrogen) atoms. The molecule has 1 aliphatic carbocycles. The van der Waals surface area contributed by atoms with Crippen LogP contribution in [0.5, 0.6) is 0 Å². The van der Waals surface area contributed by atoms with Crippen LogP contribution >= 0.6 is 0 Å². The zero-order valence-electron chi connectivity index (χ0n) is 17.5. The minimum absolute atomic E-state index is 0.0676. The van der Waals surface area contributed by atoms with Crippen molar-refractivity contribution in [2.75, 3.05) is 6.61 Å². The van der Waals surface area contributed by atoms with Gasteiger partial charge >= 0.3 is 0 Å². The summed E-state index contributed by atoms with van der Waals surface area (Å²) in [6.07, 6.45) is 8.28. The van der Waals surface area contributed by atoms with Crippen LogP contribution in [0.4, 0.5) is 0 Å². The molecule has 2 rings (SSSR count). The highest BCUT2D eigenvalue weighted by atomic mass is 32.2. The summed E-state index contributed by atoms with van der Waals surface area (Å²) in [4.78, 5) is 0.229. The molecular formula is C23H35NO3S. The Labute approximate surface area is 170 Å². The smallest absolute Gasteiger partial charge is 0.238 e. The number of aryl methyl sites for hydroxylation is 1. The van der Waals surface area contributed by atoms with Gasteiger partial charge in [-0.25, -0.2) is 13.6 Å². The molecule has 0 saturated carbocycles. The zero-order chi connectivity index (χ0) is 20.9. The molecule has 4 nitrogen and oxygen atoms in total. The lowest BCUT2D eigenvalue weighted by Crippen LogP contribution is -2.23. The second-order valence-corrected chi connectivity index (χ2v) is 9.63. The first-order chi connectivity index (χ1) is 13.2. The van der Waals surface area contributed by atoms with E-state index in [9.17, 15) is 13.5 Å². The number of unbranched alkanes of at least 4 members (excludes halogenated alkanes) is 2. The molecule has 2 unspecified atom stereocenters. The van der Waals surface area contributed by atoms with Gasteiger partial charge in [-0.1, -0.05) is 55.7 Å². The molecule has 0 amide bonds. The highest BCUT2D eigenvalue weighted by Gasteiger charge is 2.30. The molecule has 1 aromatic rings. The van der Waals surface area contributed by atoms with E-state index < -0.39 is 10.0 Å². The predicted octanol–water partition coefficient (Wildman–Crippen LogP) is 4.62. The van der Waals surface area contributed by atoms with Gasteiger partial charge in [0.05, 0.1) is 4.90 Å². The number of hydrogen-bond donors (Lipinski definition) is 2. The van der Waals surface area contributed by atoms with E-state index in [1.807, 2.05) is 13.0 Å². The first-order valence-corrected chi connectivity index (χ1v) is 11.9. The molecule has 2 atom stereocenters. The standard InChI is InChI=1S/C23H35NO3S/c1-5-6-7-8-18-10-12-20(21(13-14-25)23(18)28(24,26)27)22-15-17(4)9-11-19(22)16(2)3/h10,12,15,19,22,25H,2,5-9,11,13-14H2,1,3-4H3,(H2,24,26,27). The fourth-order valence-electron chi connectivity index (χ4n) is 4.42. The maximum Gasteiger partial charge on any atom is 0.238 e. The molecule has 0 aromatic heterocycles. The van der Waals surface area contributed by atoms with Gasteiger partial charge in [0.1, 0.15) is 0 Å². The van der Waals surface area contributed by atoms with E-state index in [1.54, 1.807) is 0 Å². The Morgan fingerprint density at radius 2 is 2.00 bits per heavy atom. The van der Waals surface area contributed by atoms with Gasteiger partial charge < -0.3 is 5.11 Å². The summed E-state index contributed by atoms with van der Waals surface area (Å²) in [6, 6.07) is 3.98. The average molecular weight is 406 g/mol. The summed E-state index contributed by atoms with van der Waals surface area (Å²) in [5.74, 6) is 0.332. The third kappa shape index (κ3) is 5.34. The van der Waals surface area contributed by atoms with E-state index in [0.29, 0.717) is 12.0 Å². The maximum atomic E-state index is 12.6. The number of benzene rings is 1. The molecule has 0 spiro atoms. The Kier molecular flexibility index (Phi) is 8.05. The largest absolute Gasteiger partial charge is 0.396 e. The van der Waals surface area contributed by atoms with Crippen LogP contribution in [0.3, 0.4) is 0 Å². The van der Waals surface area contributed by atoms with Crippen LogP contribution in [0.2, 0.25) is 0 Å².